The van der Waals surface area contributed by atoms with Crippen molar-refractivity contribution in [3.05, 3.63) is 60.2 Å². The highest BCUT2D eigenvalue weighted by molar-refractivity contribution is 7.90. The molecule has 0 fully saturated rings. The Kier molecular flexibility index (Phi) is 7.67. The molecule has 0 heterocycles. The molecule has 0 saturated carbocycles. The minimum absolute atomic E-state index is 0.00123. The van der Waals surface area contributed by atoms with Crippen molar-refractivity contribution in [2.75, 3.05) is 19.1 Å². The maximum absolute atomic E-state index is 11.3. The van der Waals surface area contributed by atoms with Crippen LogP contribution in [0, 0.1) is 0 Å². The summed E-state index contributed by atoms with van der Waals surface area (Å²) in [5, 5.41) is 6.45. The molecule has 0 bridgehead atoms. The molecule has 1 unspecified atom stereocenters. The zero-order valence-corrected chi connectivity index (χ0v) is 16.8. The summed E-state index contributed by atoms with van der Waals surface area (Å²) in [6.45, 7) is 2.51. The number of nitrogens with zero attached hydrogens (tertiary/aromatic N) is 1. The number of rotatable bonds is 8. The van der Waals surface area contributed by atoms with Gasteiger partial charge in [0.15, 0.2) is 5.96 Å². The first-order chi connectivity index (χ1) is 12.9. The van der Waals surface area contributed by atoms with E-state index in [0.29, 0.717) is 18.9 Å². The molecule has 0 aliphatic rings. The normalized spacial score (nSPS) is 13.1. The first-order valence-corrected chi connectivity index (χ1v) is 10.9. The molecular weight excluding hydrogens is 362 g/mol. The van der Waals surface area contributed by atoms with Crippen molar-refractivity contribution in [3.63, 3.8) is 0 Å². The van der Waals surface area contributed by atoms with Gasteiger partial charge in [-0.15, -0.1) is 0 Å². The SMILES string of the molecule is CN=C(NCc1cccc(Oc2ccccc2)c1)NC(C)CCS(C)(=O)=O. The van der Waals surface area contributed by atoms with Crippen LogP contribution in [0.15, 0.2) is 59.6 Å². The minimum Gasteiger partial charge on any atom is -0.457 e. The fourth-order valence-electron chi connectivity index (χ4n) is 2.42. The predicted molar refractivity (Wildman–Crippen MR) is 110 cm³/mol. The first kappa shape index (κ1) is 20.8. The molecule has 2 aromatic carbocycles. The Balaban J connectivity index is 1.88. The Hall–Kier alpha value is -2.54. The molecule has 0 aromatic heterocycles. The number of hydrogen-bond donors (Lipinski definition) is 2. The average molecular weight is 390 g/mol. The van der Waals surface area contributed by atoms with Crippen LogP contribution in [-0.2, 0) is 16.4 Å². The van der Waals surface area contributed by atoms with Gasteiger partial charge in [-0.05, 0) is 43.2 Å². The Morgan fingerprint density at radius 1 is 1.11 bits per heavy atom. The van der Waals surface area contributed by atoms with Gasteiger partial charge in [-0.3, -0.25) is 4.99 Å². The Bertz CT molecular complexity index is 852. The molecule has 0 saturated heterocycles. The van der Waals surface area contributed by atoms with E-state index in [1.165, 1.54) is 6.26 Å². The highest BCUT2D eigenvalue weighted by Gasteiger charge is 2.09. The quantitative estimate of drug-likeness (QED) is 0.536. The number of ether oxygens (including phenoxy) is 1. The number of nitrogens with one attached hydrogen (secondary N) is 2. The van der Waals surface area contributed by atoms with Gasteiger partial charge in [0.2, 0.25) is 0 Å². The fourth-order valence-corrected chi connectivity index (χ4v) is 3.20. The third kappa shape index (κ3) is 8.13. The molecule has 2 rings (SSSR count). The lowest BCUT2D eigenvalue weighted by Gasteiger charge is -2.18. The van der Waals surface area contributed by atoms with Gasteiger partial charge in [-0.2, -0.15) is 0 Å². The topological polar surface area (TPSA) is 79.8 Å². The summed E-state index contributed by atoms with van der Waals surface area (Å²) in [7, 11) is -1.27. The van der Waals surface area contributed by atoms with Crippen LogP contribution in [0.3, 0.4) is 0 Å². The summed E-state index contributed by atoms with van der Waals surface area (Å²) >= 11 is 0. The van der Waals surface area contributed by atoms with Crippen molar-refractivity contribution in [3.8, 4) is 11.5 Å². The van der Waals surface area contributed by atoms with Gasteiger partial charge in [0.1, 0.15) is 21.3 Å². The Morgan fingerprint density at radius 2 is 1.81 bits per heavy atom. The van der Waals surface area contributed by atoms with E-state index in [1.54, 1.807) is 7.05 Å². The molecule has 0 aliphatic heterocycles. The van der Waals surface area contributed by atoms with Gasteiger partial charge in [-0.25, -0.2) is 8.42 Å². The van der Waals surface area contributed by atoms with Crippen molar-refractivity contribution in [1.29, 1.82) is 0 Å². The van der Waals surface area contributed by atoms with Crippen molar-refractivity contribution in [1.82, 2.24) is 10.6 Å². The van der Waals surface area contributed by atoms with E-state index in [-0.39, 0.29) is 11.8 Å². The second-order valence-electron chi connectivity index (χ2n) is 6.45. The molecule has 27 heavy (non-hydrogen) atoms. The van der Waals surface area contributed by atoms with Crippen LogP contribution < -0.4 is 15.4 Å². The van der Waals surface area contributed by atoms with E-state index in [1.807, 2.05) is 61.5 Å². The zero-order valence-electron chi connectivity index (χ0n) is 16.0. The van der Waals surface area contributed by atoms with Gasteiger partial charge >= 0.3 is 0 Å². The second kappa shape index (κ2) is 9.97. The third-order valence-corrected chi connectivity index (χ3v) is 4.84. The van der Waals surface area contributed by atoms with Crippen molar-refractivity contribution in [2.24, 2.45) is 4.99 Å². The molecule has 2 N–H and O–H groups in total. The molecule has 0 spiro atoms. The summed E-state index contributed by atoms with van der Waals surface area (Å²) in [4.78, 5) is 4.19. The zero-order chi connectivity index (χ0) is 19.7. The van der Waals surface area contributed by atoms with E-state index in [9.17, 15) is 8.42 Å². The molecule has 0 radical (unpaired) electrons. The summed E-state index contributed by atoms with van der Waals surface area (Å²) in [6.07, 6.45) is 1.78. The van der Waals surface area contributed by atoms with Crippen LogP contribution in [0.1, 0.15) is 18.9 Å². The standard InChI is InChI=1S/C20H27N3O3S/c1-16(12-13-27(3,24)25)23-20(21-2)22-15-17-8-7-11-19(14-17)26-18-9-5-4-6-10-18/h4-11,14,16H,12-13,15H2,1-3H3,(H2,21,22,23). The van der Waals surface area contributed by atoms with Gasteiger partial charge in [0.05, 0.1) is 5.75 Å². The molecule has 1 atom stereocenters. The fraction of sp³-hybridized carbons (Fsp3) is 0.350. The number of hydrogen-bond acceptors (Lipinski definition) is 4. The molecule has 2 aromatic rings. The predicted octanol–water partition coefficient (Wildman–Crippen LogP) is 2.97. The number of aliphatic imine (C=N–C) groups is 1. The van der Waals surface area contributed by atoms with Crippen LogP contribution in [0.25, 0.3) is 0 Å². The van der Waals surface area contributed by atoms with Gasteiger partial charge in [-0.1, -0.05) is 30.3 Å². The van der Waals surface area contributed by atoms with Crippen molar-refractivity contribution in [2.45, 2.75) is 25.9 Å². The van der Waals surface area contributed by atoms with E-state index in [2.05, 4.69) is 15.6 Å². The largest absolute Gasteiger partial charge is 0.457 e. The van der Waals surface area contributed by atoms with Crippen LogP contribution in [0.4, 0.5) is 0 Å². The summed E-state index contributed by atoms with van der Waals surface area (Å²) in [5.74, 6) is 2.34. The Morgan fingerprint density at radius 3 is 2.48 bits per heavy atom. The molecule has 6 nitrogen and oxygen atoms in total. The maximum Gasteiger partial charge on any atom is 0.191 e. The van der Waals surface area contributed by atoms with E-state index in [4.69, 9.17) is 4.74 Å². The lowest BCUT2D eigenvalue weighted by molar-refractivity contribution is 0.482. The number of benzene rings is 2. The summed E-state index contributed by atoms with van der Waals surface area (Å²) in [6, 6.07) is 17.5. The van der Waals surface area contributed by atoms with Gasteiger partial charge in [0.25, 0.3) is 0 Å². The first-order valence-electron chi connectivity index (χ1n) is 8.82. The smallest absolute Gasteiger partial charge is 0.191 e. The summed E-state index contributed by atoms with van der Waals surface area (Å²) < 4.78 is 28.4. The van der Waals surface area contributed by atoms with Crippen molar-refractivity contribution >= 4 is 15.8 Å². The van der Waals surface area contributed by atoms with Gasteiger partial charge in [0, 0.05) is 25.9 Å². The minimum atomic E-state index is -2.96. The second-order valence-corrected chi connectivity index (χ2v) is 8.71. The maximum atomic E-state index is 11.3. The monoisotopic (exact) mass is 389 g/mol. The number of para-hydroxylation sites is 1. The highest BCUT2D eigenvalue weighted by Crippen LogP contribution is 2.21. The number of guanidine groups is 1. The summed E-state index contributed by atoms with van der Waals surface area (Å²) in [5.41, 5.74) is 1.05. The molecule has 0 amide bonds. The molecule has 7 heteroatoms. The molecule has 146 valence electrons. The average Bonchev–Trinajstić information content (AvgIpc) is 2.64. The van der Waals surface area contributed by atoms with Gasteiger partial charge < -0.3 is 15.4 Å². The molecular formula is C20H27N3O3S. The Labute approximate surface area is 161 Å². The lowest BCUT2D eigenvalue weighted by Crippen LogP contribution is -2.42. The lowest BCUT2D eigenvalue weighted by atomic mass is 10.2. The molecule has 0 aliphatic carbocycles. The van der Waals surface area contributed by atoms with E-state index < -0.39 is 9.84 Å². The van der Waals surface area contributed by atoms with Crippen LogP contribution in [0.2, 0.25) is 0 Å². The van der Waals surface area contributed by atoms with Crippen molar-refractivity contribution < 1.29 is 13.2 Å². The van der Waals surface area contributed by atoms with E-state index >= 15 is 0 Å². The highest BCUT2D eigenvalue weighted by atomic mass is 32.2. The van der Waals surface area contributed by atoms with Crippen LogP contribution in [-0.4, -0.2) is 39.5 Å². The van der Waals surface area contributed by atoms with Crippen LogP contribution >= 0.6 is 0 Å². The van der Waals surface area contributed by atoms with Crippen LogP contribution in [0.5, 0.6) is 11.5 Å². The number of sulfone groups is 1. The van der Waals surface area contributed by atoms with E-state index in [0.717, 1.165) is 17.1 Å². The third-order valence-electron chi connectivity index (χ3n) is 3.87.